The van der Waals surface area contributed by atoms with Crippen LogP contribution in [0, 0.1) is 0 Å². The minimum Gasteiger partial charge on any atom is -0.275 e. The largest absolute Gasteiger partial charge is 0.280 e. The maximum absolute atomic E-state index is 13.3. The summed E-state index contributed by atoms with van der Waals surface area (Å²) in [5.41, 5.74) is 1.59. The summed E-state index contributed by atoms with van der Waals surface area (Å²) in [6.07, 6.45) is -1.59. The number of aromatic amines is 1. The molecule has 0 aliphatic rings. The number of sulfone groups is 1. The topological polar surface area (TPSA) is 62.8 Å². The van der Waals surface area contributed by atoms with Gasteiger partial charge in [-0.15, -0.1) is 0 Å². The predicted octanol–water partition coefficient (Wildman–Crippen LogP) is 4.08. The molecule has 0 bridgehead atoms. The van der Waals surface area contributed by atoms with Crippen LogP contribution in [-0.2, 0) is 9.84 Å². The minimum absolute atomic E-state index is 0.164. The molecule has 0 fully saturated rings. The minimum atomic E-state index is -3.32. The second kappa shape index (κ2) is 6.16. The number of benzene rings is 2. The molecule has 0 saturated heterocycles. The molecule has 1 aromatic heterocycles. The van der Waals surface area contributed by atoms with Gasteiger partial charge in [0.2, 0.25) is 0 Å². The fourth-order valence-corrected chi connectivity index (χ4v) is 3.11. The zero-order valence-corrected chi connectivity index (χ0v) is 13.5. The molecule has 3 aromatic rings. The molecule has 1 N–H and O–H groups in total. The molecule has 4 nitrogen and oxygen atoms in total. The van der Waals surface area contributed by atoms with Crippen LogP contribution in [0.4, 0.5) is 8.78 Å². The van der Waals surface area contributed by atoms with Crippen LogP contribution in [0.1, 0.15) is 12.1 Å². The van der Waals surface area contributed by atoms with E-state index in [2.05, 4.69) is 10.2 Å². The fraction of sp³-hybridized carbons (Fsp3) is 0.118. The van der Waals surface area contributed by atoms with Gasteiger partial charge in [0.1, 0.15) is 11.4 Å². The molecule has 24 heavy (non-hydrogen) atoms. The summed E-state index contributed by atoms with van der Waals surface area (Å²) in [5, 5.41) is 6.42. The molecule has 0 unspecified atom stereocenters. The van der Waals surface area contributed by atoms with E-state index in [0.717, 1.165) is 6.26 Å². The second-order valence-electron chi connectivity index (χ2n) is 5.32. The highest BCUT2D eigenvalue weighted by molar-refractivity contribution is 7.90. The second-order valence-corrected chi connectivity index (χ2v) is 7.34. The van der Waals surface area contributed by atoms with Crippen LogP contribution in [0.2, 0.25) is 0 Å². The smallest absolute Gasteiger partial charge is 0.275 e. The van der Waals surface area contributed by atoms with E-state index < -0.39 is 16.3 Å². The highest BCUT2D eigenvalue weighted by Crippen LogP contribution is 2.37. The molecule has 0 atom stereocenters. The molecule has 7 heteroatoms. The van der Waals surface area contributed by atoms with Crippen LogP contribution >= 0.6 is 0 Å². The van der Waals surface area contributed by atoms with E-state index in [-0.39, 0.29) is 10.6 Å². The van der Waals surface area contributed by atoms with Crippen molar-refractivity contribution >= 4 is 9.84 Å². The van der Waals surface area contributed by atoms with E-state index >= 15 is 0 Å². The lowest BCUT2D eigenvalue weighted by Gasteiger charge is -2.07. The third kappa shape index (κ3) is 3.07. The molecule has 0 saturated carbocycles. The van der Waals surface area contributed by atoms with Gasteiger partial charge in [-0.25, -0.2) is 17.2 Å². The van der Waals surface area contributed by atoms with Crippen molar-refractivity contribution in [1.82, 2.24) is 10.2 Å². The van der Waals surface area contributed by atoms with E-state index in [1.54, 1.807) is 42.5 Å². The highest BCUT2D eigenvalue weighted by atomic mass is 32.2. The standard InChI is InChI=1S/C17H14F2N2O2S/c1-24(22,23)13-9-7-12(8-10-13)15-14(11-5-3-2-4-6-11)16(17(18)19)21-20-15/h2-10,17H,1H3,(H,20,21). The Hall–Kier alpha value is -2.54. The van der Waals surface area contributed by atoms with Gasteiger partial charge in [-0.3, -0.25) is 5.10 Å². The maximum atomic E-state index is 13.3. The first-order valence-corrected chi connectivity index (χ1v) is 8.99. The first kappa shape index (κ1) is 16.3. The number of H-pyrrole nitrogens is 1. The Morgan fingerprint density at radius 3 is 2.12 bits per heavy atom. The maximum Gasteiger partial charge on any atom is 0.280 e. The lowest BCUT2D eigenvalue weighted by molar-refractivity contribution is 0.146. The number of nitrogens with one attached hydrogen (secondary N) is 1. The summed E-state index contributed by atoms with van der Waals surface area (Å²) in [5.74, 6) is 0. The lowest BCUT2D eigenvalue weighted by atomic mass is 9.99. The fourth-order valence-electron chi connectivity index (χ4n) is 2.48. The molecule has 0 spiro atoms. The third-order valence-corrected chi connectivity index (χ3v) is 4.76. The molecule has 124 valence electrons. The molecular formula is C17H14F2N2O2S. The Balaban J connectivity index is 2.15. The van der Waals surface area contributed by atoms with E-state index in [1.165, 1.54) is 12.1 Å². The number of hydrogen-bond donors (Lipinski definition) is 1. The Morgan fingerprint density at radius 2 is 1.58 bits per heavy atom. The van der Waals surface area contributed by atoms with Crippen molar-refractivity contribution in [2.24, 2.45) is 0 Å². The number of nitrogens with zero attached hydrogens (tertiary/aromatic N) is 1. The summed E-state index contributed by atoms with van der Waals surface area (Å²) in [6, 6.07) is 14.8. The first-order valence-electron chi connectivity index (χ1n) is 7.10. The van der Waals surface area contributed by atoms with E-state index in [1.807, 2.05) is 0 Å². The van der Waals surface area contributed by atoms with Gasteiger partial charge in [0.15, 0.2) is 9.84 Å². The number of halogens is 2. The first-order chi connectivity index (χ1) is 11.4. The highest BCUT2D eigenvalue weighted by Gasteiger charge is 2.22. The van der Waals surface area contributed by atoms with Gasteiger partial charge in [0, 0.05) is 17.4 Å². The Bertz CT molecular complexity index is 950. The number of alkyl halides is 2. The zero-order chi connectivity index (χ0) is 17.3. The van der Waals surface area contributed by atoms with Crippen LogP contribution in [-0.4, -0.2) is 24.9 Å². The summed E-state index contributed by atoms with van der Waals surface area (Å²) >= 11 is 0. The normalized spacial score (nSPS) is 11.8. The summed E-state index contributed by atoms with van der Waals surface area (Å²) < 4.78 is 49.7. The molecule has 0 aliphatic carbocycles. The predicted molar refractivity (Wildman–Crippen MR) is 87.5 cm³/mol. The number of hydrogen-bond acceptors (Lipinski definition) is 3. The van der Waals surface area contributed by atoms with Gasteiger partial charge in [-0.1, -0.05) is 42.5 Å². The molecule has 0 aliphatic heterocycles. The SMILES string of the molecule is CS(=O)(=O)c1ccc(-c2n[nH]c(C(F)F)c2-c2ccccc2)cc1. The molecular weight excluding hydrogens is 334 g/mol. The quantitative estimate of drug-likeness (QED) is 0.772. The monoisotopic (exact) mass is 348 g/mol. The Kier molecular flexibility index (Phi) is 4.19. The average Bonchev–Trinajstić information content (AvgIpc) is 3.00. The van der Waals surface area contributed by atoms with Gasteiger partial charge in [-0.2, -0.15) is 5.10 Å². The van der Waals surface area contributed by atoms with Gasteiger partial charge >= 0.3 is 0 Å². The molecule has 0 radical (unpaired) electrons. The number of rotatable bonds is 4. The summed E-state index contributed by atoms with van der Waals surface area (Å²) in [7, 11) is -3.32. The van der Waals surface area contributed by atoms with Crippen LogP contribution in [0.3, 0.4) is 0 Å². The lowest BCUT2D eigenvalue weighted by Crippen LogP contribution is -1.96. The van der Waals surface area contributed by atoms with Crippen LogP contribution < -0.4 is 0 Å². The van der Waals surface area contributed by atoms with Gasteiger partial charge in [0.25, 0.3) is 6.43 Å². The zero-order valence-electron chi connectivity index (χ0n) is 12.7. The van der Waals surface area contributed by atoms with Crippen molar-refractivity contribution < 1.29 is 17.2 Å². The van der Waals surface area contributed by atoms with Crippen molar-refractivity contribution in [3.63, 3.8) is 0 Å². The molecule has 3 rings (SSSR count). The Morgan fingerprint density at radius 1 is 0.958 bits per heavy atom. The average molecular weight is 348 g/mol. The van der Waals surface area contributed by atoms with E-state index in [9.17, 15) is 17.2 Å². The van der Waals surface area contributed by atoms with Crippen LogP contribution in [0.5, 0.6) is 0 Å². The summed E-state index contributed by atoms with van der Waals surface area (Å²) in [6.45, 7) is 0. The van der Waals surface area contributed by atoms with Crippen molar-refractivity contribution in [2.45, 2.75) is 11.3 Å². The molecule has 2 aromatic carbocycles. The van der Waals surface area contributed by atoms with Crippen molar-refractivity contribution in [3.8, 4) is 22.4 Å². The Labute approximate surface area is 138 Å². The molecule has 1 heterocycles. The number of aromatic nitrogens is 2. The van der Waals surface area contributed by atoms with Crippen LogP contribution in [0.25, 0.3) is 22.4 Å². The van der Waals surface area contributed by atoms with Crippen molar-refractivity contribution in [1.29, 1.82) is 0 Å². The van der Waals surface area contributed by atoms with Crippen molar-refractivity contribution in [2.75, 3.05) is 6.26 Å². The van der Waals surface area contributed by atoms with Crippen LogP contribution in [0.15, 0.2) is 59.5 Å². The van der Waals surface area contributed by atoms with Crippen molar-refractivity contribution in [3.05, 3.63) is 60.3 Å². The van der Waals surface area contributed by atoms with Gasteiger partial charge < -0.3 is 0 Å². The molecule has 0 amide bonds. The van der Waals surface area contributed by atoms with E-state index in [0.29, 0.717) is 22.4 Å². The summed E-state index contributed by atoms with van der Waals surface area (Å²) in [4.78, 5) is 0.164. The third-order valence-electron chi connectivity index (χ3n) is 3.63. The van der Waals surface area contributed by atoms with Gasteiger partial charge in [-0.05, 0) is 17.7 Å². The van der Waals surface area contributed by atoms with Gasteiger partial charge in [0.05, 0.1) is 4.90 Å². The van der Waals surface area contributed by atoms with E-state index in [4.69, 9.17) is 0 Å².